The molecule has 1 rings (SSSR count). The summed E-state index contributed by atoms with van der Waals surface area (Å²) in [6, 6.07) is 3.91. The number of hydrogen-bond acceptors (Lipinski definition) is 3. The van der Waals surface area contributed by atoms with E-state index in [-0.39, 0.29) is 23.0 Å². The highest BCUT2D eigenvalue weighted by atomic mass is 79.9. The summed E-state index contributed by atoms with van der Waals surface area (Å²) in [4.78, 5) is 12.1. The lowest BCUT2D eigenvalue weighted by molar-refractivity contribution is 0.0950. The zero-order valence-electron chi connectivity index (χ0n) is 9.61. The van der Waals surface area contributed by atoms with Gasteiger partial charge in [0.05, 0.1) is 5.56 Å². The molecular formula is C12H16BrNO3. The predicted octanol–water partition coefficient (Wildman–Crippen LogP) is 2.39. The maximum Gasteiger partial charge on any atom is 0.255 e. The summed E-state index contributed by atoms with van der Waals surface area (Å²) >= 11 is 3.47. The number of phenolic OH excluding ortho intramolecular Hbond substituents is 2. The first kappa shape index (κ1) is 13.8. The molecule has 0 heterocycles. The van der Waals surface area contributed by atoms with Crippen LogP contribution in [0.2, 0.25) is 0 Å². The molecule has 0 aromatic heterocycles. The lowest BCUT2D eigenvalue weighted by atomic mass is 10.1. The molecule has 1 unspecified atom stereocenters. The predicted molar refractivity (Wildman–Crippen MR) is 69.7 cm³/mol. The lowest BCUT2D eigenvalue weighted by Crippen LogP contribution is -2.26. The summed E-state index contributed by atoms with van der Waals surface area (Å²) < 4.78 is 0. The molecule has 0 aliphatic rings. The summed E-state index contributed by atoms with van der Waals surface area (Å²) in [6.45, 7) is 2.61. The highest BCUT2D eigenvalue weighted by Crippen LogP contribution is 2.22. The van der Waals surface area contributed by atoms with Crippen molar-refractivity contribution < 1.29 is 15.0 Å². The third-order valence-corrected chi connectivity index (χ3v) is 3.52. The van der Waals surface area contributed by atoms with Crippen LogP contribution in [-0.2, 0) is 0 Å². The number of benzene rings is 1. The molecule has 1 aromatic carbocycles. The van der Waals surface area contributed by atoms with Crippen molar-refractivity contribution in [3.8, 4) is 11.5 Å². The smallest absolute Gasteiger partial charge is 0.255 e. The first-order valence-electron chi connectivity index (χ1n) is 5.48. The third-order valence-electron chi connectivity index (χ3n) is 2.41. The van der Waals surface area contributed by atoms with Gasteiger partial charge in [0, 0.05) is 17.4 Å². The summed E-state index contributed by atoms with van der Waals surface area (Å²) in [5.41, 5.74) is 0.172. The summed E-state index contributed by atoms with van der Waals surface area (Å²) in [5.74, 6) is -0.614. The zero-order chi connectivity index (χ0) is 12.8. The van der Waals surface area contributed by atoms with Gasteiger partial charge in [-0.25, -0.2) is 0 Å². The van der Waals surface area contributed by atoms with Gasteiger partial charge < -0.3 is 15.5 Å². The molecule has 3 N–H and O–H groups in total. The number of rotatable bonds is 5. The average Bonchev–Trinajstić information content (AvgIpc) is 2.28. The largest absolute Gasteiger partial charge is 0.508 e. The van der Waals surface area contributed by atoms with E-state index in [2.05, 4.69) is 28.2 Å². The molecule has 94 valence electrons. The minimum absolute atomic E-state index is 0.0643. The van der Waals surface area contributed by atoms with Crippen LogP contribution in [0, 0.1) is 0 Å². The molecule has 0 aliphatic carbocycles. The van der Waals surface area contributed by atoms with Crippen molar-refractivity contribution in [2.45, 2.75) is 24.6 Å². The van der Waals surface area contributed by atoms with Crippen LogP contribution < -0.4 is 5.32 Å². The van der Waals surface area contributed by atoms with Gasteiger partial charge in [0.15, 0.2) is 0 Å². The Balaban J connectivity index is 2.52. The molecule has 1 amide bonds. The van der Waals surface area contributed by atoms with Crippen LogP contribution in [0.5, 0.6) is 11.5 Å². The molecule has 0 saturated carbocycles. The van der Waals surface area contributed by atoms with Gasteiger partial charge in [0.2, 0.25) is 0 Å². The Hall–Kier alpha value is -1.23. The number of carbonyl (C=O) groups is 1. The number of alkyl halides is 1. The van der Waals surface area contributed by atoms with Crippen LogP contribution >= 0.6 is 15.9 Å². The van der Waals surface area contributed by atoms with E-state index in [0.717, 1.165) is 18.9 Å². The Morgan fingerprint density at radius 2 is 2.18 bits per heavy atom. The minimum Gasteiger partial charge on any atom is -0.508 e. The molecule has 0 spiro atoms. The number of phenols is 2. The second kappa shape index (κ2) is 6.49. The van der Waals surface area contributed by atoms with Crippen LogP contribution in [0.1, 0.15) is 30.1 Å². The van der Waals surface area contributed by atoms with Crippen molar-refractivity contribution in [1.29, 1.82) is 0 Å². The maximum atomic E-state index is 11.7. The van der Waals surface area contributed by atoms with Crippen molar-refractivity contribution in [1.82, 2.24) is 5.32 Å². The molecule has 1 aromatic rings. The van der Waals surface area contributed by atoms with E-state index in [1.54, 1.807) is 0 Å². The van der Waals surface area contributed by atoms with Gasteiger partial charge in [0.1, 0.15) is 11.5 Å². The van der Waals surface area contributed by atoms with Gasteiger partial charge in [-0.3, -0.25) is 4.79 Å². The van der Waals surface area contributed by atoms with E-state index in [0.29, 0.717) is 11.4 Å². The minimum atomic E-state index is -0.335. The SMILES string of the molecule is CCC(Br)CCNC(=O)c1ccc(O)cc1O. The molecule has 17 heavy (non-hydrogen) atoms. The topological polar surface area (TPSA) is 69.6 Å². The number of amides is 1. The van der Waals surface area contributed by atoms with Gasteiger partial charge in [-0.1, -0.05) is 22.9 Å². The lowest BCUT2D eigenvalue weighted by Gasteiger charge is -2.09. The van der Waals surface area contributed by atoms with Crippen molar-refractivity contribution in [2.24, 2.45) is 0 Å². The summed E-state index contributed by atoms with van der Waals surface area (Å²) in [5, 5.41) is 21.3. The fourth-order valence-electron chi connectivity index (χ4n) is 1.35. The first-order chi connectivity index (χ1) is 8.04. The van der Waals surface area contributed by atoms with Crippen LogP contribution in [0.15, 0.2) is 18.2 Å². The van der Waals surface area contributed by atoms with Crippen LogP contribution in [-0.4, -0.2) is 27.5 Å². The van der Waals surface area contributed by atoms with E-state index in [4.69, 9.17) is 5.11 Å². The van der Waals surface area contributed by atoms with Gasteiger partial charge in [-0.05, 0) is 25.0 Å². The Kier molecular flexibility index (Phi) is 5.28. The van der Waals surface area contributed by atoms with Crippen LogP contribution in [0.4, 0.5) is 0 Å². The zero-order valence-corrected chi connectivity index (χ0v) is 11.2. The fourth-order valence-corrected chi connectivity index (χ4v) is 1.58. The van der Waals surface area contributed by atoms with Gasteiger partial charge in [-0.2, -0.15) is 0 Å². The van der Waals surface area contributed by atoms with Crippen molar-refractivity contribution in [3.05, 3.63) is 23.8 Å². The fraction of sp³-hybridized carbons (Fsp3) is 0.417. The van der Waals surface area contributed by atoms with Gasteiger partial charge in [0.25, 0.3) is 5.91 Å². The Bertz CT molecular complexity index is 395. The molecule has 0 bridgehead atoms. The second-order valence-electron chi connectivity index (χ2n) is 3.75. The van der Waals surface area contributed by atoms with Crippen molar-refractivity contribution in [2.75, 3.05) is 6.54 Å². The number of nitrogens with one attached hydrogen (secondary N) is 1. The first-order valence-corrected chi connectivity index (χ1v) is 6.40. The average molecular weight is 302 g/mol. The Labute approximate surface area is 109 Å². The second-order valence-corrected chi connectivity index (χ2v) is 5.05. The quantitative estimate of drug-likeness (QED) is 0.731. The van der Waals surface area contributed by atoms with E-state index in [1.165, 1.54) is 12.1 Å². The molecule has 0 aliphatic heterocycles. The number of aromatic hydroxyl groups is 2. The van der Waals surface area contributed by atoms with Crippen LogP contribution in [0.3, 0.4) is 0 Å². The molecule has 0 radical (unpaired) electrons. The van der Waals surface area contributed by atoms with E-state index in [9.17, 15) is 9.90 Å². The molecule has 4 nitrogen and oxygen atoms in total. The maximum absolute atomic E-state index is 11.7. The monoisotopic (exact) mass is 301 g/mol. The van der Waals surface area contributed by atoms with Crippen molar-refractivity contribution in [3.63, 3.8) is 0 Å². The molecule has 5 heteroatoms. The molecular weight excluding hydrogens is 286 g/mol. The highest BCUT2D eigenvalue weighted by Gasteiger charge is 2.11. The number of hydrogen-bond donors (Lipinski definition) is 3. The number of carbonyl (C=O) groups excluding carboxylic acids is 1. The Morgan fingerprint density at radius 1 is 1.47 bits per heavy atom. The molecule has 0 saturated heterocycles. The van der Waals surface area contributed by atoms with Crippen molar-refractivity contribution >= 4 is 21.8 Å². The molecule has 0 fully saturated rings. The standard InChI is InChI=1S/C12H16BrNO3/c1-2-8(13)5-6-14-12(17)10-4-3-9(15)7-11(10)16/h3-4,7-8,15-16H,2,5-6H2,1H3,(H,14,17). The third kappa shape index (κ3) is 4.26. The van der Waals surface area contributed by atoms with E-state index in [1.807, 2.05) is 0 Å². The van der Waals surface area contributed by atoms with Crippen LogP contribution in [0.25, 0.3) is 0 Å². The summed E-state index contributed by atoms with van der Waals surface area (Å²) in [6.07, 6.45) is 1.83. The highest BCUT2D eigenvalue weighted by molar-refractivity contribution is 9.09. The Morgan fingerprint density at radius 3 is 2.76 bits per heavy atom. The van der Waals surface area contributed by atoms with E-state index < -0.39 is 0 Å². The van der Waals surface area contributed by atoms with E-state index >= 15 is 0 Å². The van der Waals surface area contributed by atoms with Gasteiger partial charge >= 0.3 is 0 Å². The molecule has 1 atom stereocenters. The normalized spacial score (nSPS) is 12.1. The number of halogens is 1. The summed E-state index contributed by atoms with van der Waals surface area (Å²) in [7, 11) is 0. The van der Waals surface area contributed by atoms with Gasteiger partial charge in [-0.15, -0.1) is 0 Å².